The van der Waals surface area contributed by atoms with Gasteiger partial charge in [-0.2, -0.15) is 0 Å². The zero-order chi connectivity index (χ0) is 17.3. The summed E-state index contributed by atoms with van der Waals surface area (Å²) in [5, 5.41) is 5.48. The second-order valence-corrected chi connectivity index (χ2v) is 11.3. The molecule has 2 amide bonds. The average Bonchev–Trinajstić information content (AvgIpc) is 3.19. The van der Waals surface area contributed by atoms with Crippen molar-refractivity contribution in [2.75, 3.05) is 7.05 Å². The van der Waals surface area contributed by atoms with Crippen molar-refractivity contribution >= 4 is 6.03 Å². The Hall–Kier alpha value is -0.770. The fourth-order valence-corrected chi connectivity index (χ4v) is 10.6. The van der Waals surface area contributed by atoms with Gasteiger partial charge in [-0.3, -0.25) is 5.43 Å². The summed E-state index contributed by atoms with van der Waals surface area (Å²) in [6, 6.07) is 0.0175. The standard InChI is InChI=1S/C22H33N3O/c1-23-20(26)24-25-21(16-4-12-2-13(6-16)7-17(21)5-12)22(25)18-8-14-3-15(10-18)11-19(22)9-14/h12-19H,2-11H2,1H3,(H2,23,24,26). The molecular formula is C22H33N3O. The second-order valence-electron chi connectivity index (χ2n) is 11.3. The first kappa shape index (κ1) is 15.2. The van der Waals surface area contributed by atoms with Crippen molar-refractivity contribution in [2.24, 2.45) is 47.3 Å². The van der Waals surface area contributed by atoms with E-state index in [1.165, 1.54) is 64.2 Å². The lowest BCUT2D eigenvalue weighted by molar-refractivity contribution is -0.0747. The molecule has 9 aliphatic rings. The largest absolute Gasteiger partial charge is 0.340 e. The summed E-state index contributed by atoms with van der Waals surface area (Å²) in [7, 11) is 1.77. The number of urea groups is 1. The zero-order valence-corrected chi connectivity index (χ0v) is 16.0. The molecule has 0 unspecified atom stereocenters. The van der Waals surface area contributed by atoms with Gasteiger partial charge in [-0.25, -0.2) is 9.80 Å². The molecule has 0 aromatic rings. The number of nitrogens with zero attached hydrogens (tertiary/aromatic N) is 1. The van der Waals surface area contributed by atoms with E-state index in [1.54, 1.807) is 7.05 Å². The molecule has 9 fully saturated rings. The van der Waals surface area contributed by atoms with Gasteiger partial charge < -0.3 is 5.32 Å². The number of amides is 2. The van der Waals surface area contributed by atoms with Crippen molar-refractivity contribution < 1.29 is 4.79 Å². The number of rotatable bonds is 1. The van der Waals surface area contributed by atoms with E-state index >= 15 is 0 Å². The van der Waals surface area contributed by atoms with Crippen LogP contribution in [0.4, 0.5) is 4.79 Å². The molecule has 0 radical (unpaired) electrons. The van der Waals surface area contributed by atoms with Crippen LogP contribution in [0.15, 0.2) is 0 Å². The Kier molecular flexibility index (Phi) is 2.70. The summed E-state index contributed by atoms with van der Waals surface area (Å²) in [6.45, 7) is 0. The lowest BCUT2D eigenvalue weighted by Gasteiger charge is -2.60. The minimum Gasteiger partial charge on any atom is -0.340 e. The van der Waals surface area contributed by atoms with Gasteiger partial charge in [0.1, 0.15) is 0 Å². The molecule has 1 heterocycles. The molecule has 0 aromatic carbocycles. The number of hydrogen-bond acceptors (Lipinski definition) is 2. The summed E-state index contributed by atoms with van der Waals surface area (Å²) in [6.07, 6.45) is 14.6. The third kappa shape index (κ3) is 1.47. The van der Waals surface area contributed by atoms with Crippen molar-refractivity contribution in [3.63, 3.8) is 0 Å². The molecule has 2 spiro atoms. The van der Waals surface area contributed by atoms with E-state index in [0.29, 0.717) is 11.1 Å². The van der Waals surface area contributed by atoms with E-state index in [4.69, 9.17) is 0 Å². The molecule has 26 heavy (non-hydrogen) atoms. The van der Waals surface area contributed by atoms with Crippen LogP contribution in [0.5, 0.6) is 0 Å². The highest BCUT2D eigenvalue weighted by Crippen LogP contribution is 2.80. The molecule has 2 N–H and O–H groups in total. The predicted molar refractivity (Wildman–Crippen MR) is 99.0 cm³/mol. The second kappa shape index (κ2) is 4.61. The molecule has 8 saturated carbocycles. The van der Waals surface area contributed by atoms with Crippen LogP contribution in [0.25, 0.3) is 0 Å². The van der Waals surface area contributed by atoms with Crippen LogP contribution in [0.1, 0.15) is 64.2 Å². The normalized spacial score (nSPS) is 62.9. The topological polar surface area (TPSA) is 44.1 Å². The molecule has 9 rings (SSSR count). The molecule has 0 aromatic heterocycles. The van der Waals surface area contributed by atoms with Crippen LogP contribution in [-0.4, -0.2) is 29.2 Å². The van der Waals surface area contributed by atoms with E-state index in [1.807, 2.05) is 0 Å². The van der Waals surface area contributed by atoms with Crippen LogP contribution in [0.3, 0.4) is 0 Å². The summed E-state index contributed by atoms with van der Waals surface area (Å²) >= 11 is 0. The number of carbonyl (C=O) groups is 1. The highest BCUT2D eigenvalue weighted by atomic mass is 16.2. The molecule has 8 bridgehead atoms. The van der Waals surface area contributed by atoms with Crippen molar-refractivity contribution in [3.05, 3.63) is 0 Å². The quantitative estimate of drug-likeness (QED) is 0.707. The van der Waals surface area contributed by atoms with Crippen molar-refractivity contribution in [2.45, 2.75) is 75.3 Å². The Labute approximate surface area is 156 Å². The molecule has 1 saturated heterocycles. The van der Waals surface area contributed by atoms with Crippen molar-refractivity contribution in [1.29, 1.82) is 0 Å². The van der Waals surface area contributed by atoms with Gasteiger partial charge in [-0.15, -0.1) is 0 Å². The number of hydrogen-bond donors (Lipinski definition) is 2. The fourth-order valence-electron chi connectivity index (χ4n) is 10.6. The Bertz CT molecular complexity index is 568. The smallest absolute Gasteiger partial charge is 0.329 e. The predicted octanol–water partition coefficient (Wildman–Crippen LogP) is 3.54. The summed E-state index contributed by atoms with van der Waals surface area (Å²) < 4.78 is 0. The van der Waals surface area contributed by atoms with E-state index in [0.717, 1.165) is 47.3 Å². The minimum atomic E-state index is 0.0175. The first-order valence-corrected chi connectivity index (χ1v) is 11.4. The number of nitrogens with one attached hydrogen (secondary N) is 2. The van der Waals surface area contributed by atoms with Gasteiger partial charge in [0.15, 0.2) is 0 Å². The van der Waals surface area contributed by atoms with Gasteiger partial charge >= 0.3 is 6.03 Å². The molecule has 8 aliphatic carbocycles. The Morgan fingerprint density at radius 3 is 1.35 bits per heavy atom. The maximum Gasteiger partial charge on any atom is 0.329 e. The Balaban J connectivity index is 1.35. The average molecular weight is 356 g/mol. The van der Waals surface area contributed by atoms with Gasteiger partial charge in [0.2, 0.25) is 0 Å². The lowest BCUT2D eigenvalue weighted by atomic mass is 9.42. The highest BCUT2D eigenvalue weighted by Gasteiger charge is 2.88. The molecule has 1 aliphatic heterocycles. The zero-order valence-electron chi connectivity index (χ0n) is 16.0. The van der Waals surface area contributed by atoms with Crippen molar-refractivity contribution in [1.82, 2.24) is 15.8 Å². The van der Waals surface area contributed by atoms with Crippen LogP contribution in [0.2, 0.25) is 0 Å². The molecule has 0 atom stereocenters. The maximum atomic E-state index is 12.4. The van der Waals surface area contributed by atoms with E-state index in [-0.39, 0.29) is 6.03 Å². The number of carbonyl (C=O) groups excluding carboxylic acids is 1. The van der Waals surface area contributed by atoms with Crippen LogP contribution in [-0.2, 0) is 0 Å². The van der Waals surface area contributed by atoms with Crippen molar-refractivity contribution in [3.8, 4) is 0 Å². The monoisotopic (exact) mass is 355 g/mol. The van der Waals surface area contributed by atoms with Crippen LogP contribution >= 0.6 is 0 Å². The van der Waals surface area contributed by atoms with Crippen LogP contribution < -0.4 is 10.7 Å². The van der Waals surface area contributed by atoms with Gasteiger partial charge in [0.05, 0.1) is 11.1 Å². The van der Waals surface area contributed by atoms with Gasteiger partial charge in [-0.1, -0.05) is 0 Å². The van der Waals surface area contributed by atoms with Gasteiger partial charge in [-0.05, 0) is 112 Å². The fraction of sp³-hybridized carbons (Fsp3) is 0.955. The highest BCUT2D eigenvalue weighted by molar-refractivity contribution is 5.74. The van der Waals surface area contributed by atoms with E-state index in [2.05, 4.69) is 15.8 Å². The Morgan fingerprint density at radius 2 is 1.04 bits per heavy atom. The lowest BCUT2D eigenvalue weighted by Crippen LogP contribution is -2.61. The summed E-state index contributed by atoms with van der Waals surface area (Å²) in [4.78, 5) is 12.4. The third-order valence-corrected chi connectivity index (χ3v) is 10.5. The summed E-state index contributed by atoms with van der Waals surface area (Å²) in [5.41, 5.74) is 4.08. The third-order valence-electron chi connectivity index (χ3n) is 10.5. The SMILES string of the molecule is CNC(=O)NN1C2(C3CC4CC(C3)CC2C4)C12C1CC3CC(C1)CC2C3. The number of hydrazine groups is 1. The minimum absolute atomic E-state index is 0.0175. The van der Waals surface area contributed by atoms with Gasteiger partial charge in [0.25, 0.3) is 0 Å². The molecule has 4 nitrogen and oxygen atoms in total. The maximum absolute atomic E-state index is 12.4. The van der Waals surface area contributed by atoms with E-state index < -0.39 is 0 Å². The summed E-state index contributed by atoms with van der Waals surface area (Å²) in [5.74, 6) is 7.42. The first-order valence-electron chi connectivity index (χ1n) is 11.4. The first-order chi connectivity index (χ1) is 12.7. The molecule has 142 valence electrons. The Morgan fingerprint density at radius 1 is 0.692 bits per heavy atom. The molecule has 4 heteroatoms. The van der Waals surface area contributed by atoms with E-state index in [9.17, 15) is 4.79 Å². The van der Waals surface area contributed by atoms with Crippen LogP contribution in [0, 0.1) is 47.3 Å². The molecular weight excluding hydrogens is 322 g/mol. The van der Waals surface area contributed by atoms with Gasteiger partial charge in [0, 0.05) is 7.05 Å².